The Morgan fingerprint density at radius 2 is 1.79 bits per heavy atom. The smallest absolute Gasteiger partial charge is 0.441 e. The minimum absolute atomic E-state index is 0.313. The fourth-order valence-electron chi connectivity index (χ4n) is 3.85. The molecule has 0 saturated heterocycles. The maximum absolute atomic E-state index is 12.6. The van der Waals surface area contributed by atoms with E-state index in [-0.39, 0.29) is 5.75 Å². The van der Waals surface area contributed by atoms with Gasteiger partial charge in [0.2, 0.25) is 0 Å². The van der Waals surface area contributed by atoms with Gasteiger partial charge < -0.3 is 25.4 Å². The number of hydrogen-bond acceptors (Lipinski definition) is 6. The average Bonchev–Trinajstić information content (AvgIpc) is 2.74. The molecule has 2 atom stereocenters. The van der Waals surface area contributed by atoms with Crippen LogP contribution in [0.4, 0.5) is 18.0 Å². The number of pyridine rings is 1. The van der Waals surface area contributed by atoms with Gasteiger partial charge in [-0.1, -0.05) is 39.0 Å². The molecule has 0 aliphatic heterocycles. The molecule has 0 aliphatic rings. The number of fused-ring (bicyclic) bond motifs is 1. The van der Waals surface area contributed by atoms with Gasteiger partial charge in [0.1, 0.15) is 18.0 Å². The maximum atomic E-state index is 12.6. The highest BCUT2D eigenvalue weighted by molar-refractivity contribution is 5.97. The van der Waals surface area contributed by atoms with E-state index in [1.54, 1.807) is 18.2 Å². The molecule has 3 rings (SSSR count). The first-order chi connectivity index (χ1) is 15.8. The van der Waals surface area contributed by atoms with Crippen molar-refractivity contribution in [2.75, 3.05) is 6.61 Å². The number of aliphatic hydroxyl groups is 2. The number of ether oxygens (including phenoxy) is 2. The Bertz CT molecular complexity index is 1170. The van der Waals surface area contributed by atoms with Crippen molar-refractivity contribution in [2.45, 2.75) is 39.3 Å². The summed E-state index contributed by atoms with van der Waals surface area (Å²) in [5, 5.41) is 20.9. The molecule has 3 aromatic rings. The first-order valence-corrected chi connectivity index (χ1v) is 10.3. The third-order valence-electron chi connectivity index (χ3n) is 5.17. The van der Waals surface area contributed by atoms with Crippen LogP contribution >= 0.6 is 0 Å². The average molecular weight is 478 g/mol. The number of nitrogens with two attached hydrogens (primary N) is 1. The summed E-state index contributed by atoms with van der Waals surface area (Å²) < 4.78 is 47.0. The van der Waals surface area contributed by atoms with Gasteiger partial charge >= 0.3 is 12.5 Å². The summed E-state index contributed by atoms with van der Waals surface area (Å²) in [7, 11) is 0. The number of carbonyl (C=O) groups excluding carboxylic acids is 1. The molecule has 182 valence electrons. The lowest BCUT2D eigenvalue weighted by molar-refractivity contribution is -0.274. The minimum atomic E-state index is -4.82. The van der Waals surface area contributed by atoms with E-state index < -0.39 is 36.7 Å². The molecule has 1 amide bonds. The summed E-state index contributed by atoms with van der Waals surface area (Å²) >= 11 is 0. The van der Waals surface area contributed by atoms with E-state index in [0.29, 0.717) is 33.2 Å². The second kappa shape index (κ2) is 9.47. The normalized spacial score (nSPS) is 14.0. The van der Waals surface area contributed by atoms with Gasteiger partial charge in [0.15, 0.2) is 0 Å². The van der Waals surface area contributed by atoms with E-state index in [1.165, 1.54) is 30.5 Å². The number of rotatable bonds is 6. The molecule has 4 N–H and O–H groups in total. The monoisotopic (exact) mass is 478 g/mol. The van der Waals surface area contributed by atoms with Crippen molar-refractivity contribution in [3.8, 4) is 16.9 Å². The highest BCUT2D eigenvalue weighted by atomic mass is 19.4. The van der Waals surface area contributed by atoms with Crippen LogP contribution in [0.2, 0.25) is 0 Å². The van der Waals surface area contributed by atoms with Crippen molar-refractivity contribution >= 4 is 17.0 Å². The summed E-state index contributed by atoms with van der Waals surface area (Å²) in [6, 6.07) is 10.2. The van der Waals surface area contributed by atoms with Crippen LogP contribution in [-0.2, 0) is 4.74 Å². The molecule has 0 bridgehead atoms. The standard InChI is InChI=1S/C24H25F3N2O5/c1-23(2,3)21(33-22(28)32)17-11-16(13-6-8-14(9-7-13)34-24(25,26)27)20-15(5-4-10-29-20)19(17)18(31)12-30/h4-11,18,21,30-31H,12H2,1-3H3,(H2,28,32)/t18?,21-/m0/s1. The Morgan fingerprint density at radius 1 is 1.15 bits per heavy atom. The van der Waals surface area contributed by atoms with Gasteiger partial charge in [-0.05, 0) is 35.4 Å². The van der Waals surface area contributed by atoms with Crippen LogP contribution in [-0.4, -0.2) is 34.3 Å². The molecule has 1 heterocycles. The van der Waals surface area contributed by atoms with E-state index in [9.17, 15) is 28.2 Å². The number of alkyl halides is 3. The zero-order valence-electron chi connectivity index (χ0n) is 18.8. The van der Waals surface area contributed by atoms with Gasteiger partial charge in [-0.2, -0.15) is 0 Å². The fourth-order valence-corrected chi connectivity index (χ4v) is 3.85. The van der Waals surface area contributed by atoms with Gasteiger partial charge in [-0.15, -0.1) is 13.2 Å². The lowest BCUT2D eigenvalue weighted by atomic mass is 9.79. The number of benzene rings is 2. The molecule has 7 nitrogen and oxygen atoms in total. The van der Waals surface area contributed by atoms with Crippen molar-refractivity contribution in [3.05, 3.63) is 59.8 Å². The maximum Gasteiger partial charge on any atom is 0.573 e. The molecule has 1 unspecified atom stereocenters. The number of halogens is 3. The van der Waals surface area contributed by atoms with Gasteiger partial charge in [0.05, 0.1) is 12.1 Å². The summed E-state index contributed by atoms with van der Waals surface area (Å²) in [6.07, 6.45) is -6.55. The number of aromatic nitrogens is 1. The topological polar surface area (TPSA) is 115 Å². The number of primary amides is 1. The molecular formula is C24H25F3N2O5. The van der Waals surface area contributed by atoms with E-state index in [0.717, 1.165) is 0 Å². The van der Waals surface area contributed by atoms with Crippen molar-refractivity contribution in [2.24, 2.45) is 11.1 Å². The molecule has 0 radical (unpaired) electrons. The molecule has 0 fully saturated rings. The van der Waals surface area contributed by atoms with Crippen LogP contribution in [0.5, 0.6) is 5.75 Å². The minimum Gasteiger partial charge on any atom is -0.441 e. The third-order valence-corrected chi connectivity index (χ3v) is 5.17. The lowest BCUT2D eigenvalue weighted by Gasteiger charge is -2.33. The summed E-state index contributed by atoms with van der Waals surface area (Å²) in [5.74, 6) is -0.384. The molecule has 0 spiro atoms. The first kappa shape index (κ1) is 25.3. The van der Waals surface area contributed by atoms with Crippen LogP contribution in [0.25, 0.3) is 22.0 Å². The number of aliphatic hydroxyl groups excluding tert-OH is 2. The van der Waals surface area contributed by atoms with E-state index >= 15 is 0 Å². The Hall–Kier alpha value is -3.37. The highest BCUT2D eigenvalue weighted by Gasteiger charge is 2.35. The van der Waals surface area contributed by atoms with Crippen molar-refractivity contribution in [3.63, 3.8) is 0 Å². The predicted molar refractivity (Wildman–Crippen MR) is 119 cm³/mol. The second-order valence-electron chi connectivity index (χ2n) is 8.78. The zero-order valence-corrected chi connectivity index (χ0v) is 18.8. The number of hydrogen-bond donors (Lipinski definition) is 3. The molecule has 10 heteroatoms. The van der Waals surface area contributed by atoms with Crippen LogP contribution in [0.1, 0.15) is 44.1 Å². The molecule has 0 saturated carbocycles. The summed E-state index contributed by atoms with van der Waals surface area (Å²) in [4.78, 5) is 16.1. The Morgan fingerprint density at radius 3 is 2.32 bits per heavy atom. The molecular weight excluding hydrogens is 453 g/mol. The Balaban J connectivity index is 2.31. The van der Waals surface area contributed by atoms with Crippen LogP contribution < -0.4 is 10.5 Å². The fraction of sp³-hybridized carbons (Fsp3) is 0.333. The Kier molecular flexibility index (Phi) is 7.04. The first-order valence-electron chi connectivity index (χ1n) is 10.3. The molecule has 0 aliphatic carbocycles. The molecule has 1 aromatic heterocycles. The van der Waals surface area contributed by atoms with Crippen LogP contribution in [0, 0.1) is 5.41 Å². The third kappa shape index (κ3) is 5.57. The largest absolute Gasteiger partial charge is 0.573 e. The van der Waals surface area contributed by atoms with Crippen molar-refractivity contribution in [1.29, 1.82) is 0 Å². The SMILES string of the molecule is CC(C)(C)[C@@H](OC(N)=O)c1cc(-c2ccc(OC(F)(F)F)cc2)c2ncccc2c1C(O)CO. The molecule has 2 aromatic carbocycles. The number of carbonyl (C=O) groups is 1. The predicted octanol–water partition coefficient (Wildman–Crippen LogP) is 5.01. The van der Waals surface area contributed by atoms with Gasteiger partial charge in [0.25, 0.3) is 0 Å². The second-order valence-corrected chi connectivity index (χ2v) is 8.78. The Labute approximate surface area is 193 Å². The number of nitrogens with zero attached hydrogens (tertiary/aromatic N) is 1. The van der Waals surface area contributed by atoms with Gasteiger partial charge in [-0.3, -0.25) is 4.98 Å². The van der Waals surface area contributed by atoms with Crippen molar-refractivity contribution in [1.82, 2.24) is 4.98 Å². The number of amides is 1. The van der Waals surface area contributed by atoms with E-state index in [4.69, 9.17) is 10.5 Å². The lowest BCUT2D eigenvalue weighted by Crippen LogP contribution is -2.28. The van der Waals surface area contributed by atoms with Gasteiger partial charge in [-0.25, -0.2) is 4.79 Å². The summed E-state index contributed by atoms with van der Waals surface area (Å²) in [5.41, 5.74) is 6.81. The van der Waals surface area contributed by atoms with Crippen molar-refractivity contribution < 1.29 is 37.7 Å². The quantitative estimate of drug-likeness (QED) is 0.459. The van der Waals surface area contributed by atoms with Crippen LogP contribution in [0.3, 0.4) is 0 Å². The molecule has 34 heavy (non-hydrogen) atoms. The summed E-state index contributed by atoms with van der Waals surface area (Å²) in [6.45, 7) is 4.83. The zero-order chi connectivity index (χ0) is 25.3. The van der Waals surface area contributed by atoms with Gasteiger partial charge in [0, 0.05) is 28.1 Å². The van der Waals surface area contributed by atoms with E-state index in [2.05, 4.69) is 9.72 Å². The highest BCUT2D eigenvalue weighted by Crippen LogP contribution is 2.44. The van der Waals surface area contributed by atoms with Crippen LogP contribution in [0.15, 0.2) is 48.7 Å². The van der Waals surface area contributed by atoms with E-state index in [1.807, 2.05) is 20.8 Å².